The first kappa shape index (κ1) is 22.0. The summed E-state index contributed by atoms with van der Waals surface area (Å²) < 4.78 is 48.1. The zero-order valence-electron chi connectivity index (χ0n) is 18.1. The normalized spacial score (nSPS) is 11.2. The third-order valence-corrected chi connectivity index (χ3v) is 5.45. The lowest BCUT2D eigenvalue weighted by atomic mass is 10.1. The predicted octanol–water partition coefficient (Wildman–Crippen LogP) is 4.66. The highest BCUT2D eigenvalue weighted by atomic mass is 19.1. The second kappa shape index (κ2) is 8.20. The zero-order valence-corrected chi connectivity index (χ0v) is 18.1. The number of H-pyrrole nitrogens is 1. The standard InChI is InChI=1S/C24H17F3N6O2/c1-11-5-21(35-23-14(25)3-2-4-15(23)26)30-10-20(11)33-24(29)13(9-31-33)22(34)19-7-12-6-16(27)17(28)8-18(12)32-19/h2-10,32H,28-29H2,1H3. The van der Waals surface area contributed by atoms with Crippen LogP contribution in [0.2, 0.25) is 0 Å². The van der Waals surface area contributed by atoms with Gasteiger partial charge in [0, 0.05) is 17.0 Å². The van der Waals surface area contributed by atoms with Gasteiger partial charge in [-0.1, -0.05) is 6.07 Å². The summed E-state index contributed by atoms with van der Waals surface area (Å²) in [6.07, 6.45) is 2.66. The number of benzene rings is 2. The molecule has 35 heavy (non-hydrogen) atoms. The number of para-hydroxylation sites is 1. The van der Waals surface area contributed by atoms with Crippen LogP contribution in [0.5, 0.6) is 11.6 Å². The Morgan fingerprint density at radius 3 is 2.49 bits per heavy atom. The Balaban J connectivity index is 1.45. The van der Waals surface area contributed by atoms with Gasteiger partial charge in [-0.05, 0) is 42.8 Å². The molecule has 5 aromatic rings. The highest BCUT2D eigenvalue weighted by molar-refractivity contribution is 6.12. The van der Waals surface area contributed by atoms with Gasteiger partial charge in [-0.2, -0.15) is 5.10 Å². The fourth-order valence-electron chi connectivity index (χ4n) is 3.65. The minimum Gasteiger partial charge on any atom is -0.433 e. The molecule has 0 aliphatic rings. The molecule has 0 spiro atoms. The van der Waals surface area contributed by atoms with Crippen LogP contribution in [0.15, 0.2) is 54.9 Å². The van der Waals surface area contributed by atoms with Crippen molar-refractivity contribution in [3.05, 3.63) is 89.1 Å². The lowest BCUT2D eigenvalue weighted by molar-refractivity contribution is 0.103. The molecule has 0 fully saturated rings. The van der Waals surface area contributed by atoms with Crippen LogP contribution in [-0.2, 0) is 0 Å². The minimum absolute atomic E-state index is 0.0399. The summed E-state index contributed by atoms with van der Waals surface area (Å²) in [6, 6.07) is 8.96. The molecule has 0 aliphatic heterocycles. The van der Waals surface area contributed by atoms with Crippen molar-refractivity contribution in [1.82, 2.24) is 19.7 Å². The summed E-state index contributed by atoms with van der Waals surface area (Å²) in [6.45, 7) is 1.70. The second-order valence-electron chi connectivity index (χ2n) is 7.79. The predicted molar refractivity (Wildman–Crippen MR) is 123 cm³/mol. The van der Waals surface area contributed by atoms with Crippen LogP contribution in [0.4, 0.5) is 24.7 Å². The van der Waals surface area contributed by atoms with E-state index in [0.717, 1.165) is 12.1 Å². The van der Waals surface area contributed by atoms with Crippen LogP contribution in [0, 0.1) is 24.4 Å². The summed E-state index contributed by atoms with van der Waals surface area (Å²) in [7, 11) is 0. The van der Waals surface area contributed by atoms with Gasteiger partial charge in [0.25, 0.3) is 0 Å². The average molecular weight is 478 g/mol. The Kier molecular flexibility index (Phi) is 5.16. The molecule has 3 aromatic heterocycles. The molecular formula is C24H17F3N6O2. The maximum Gasteiger partial charge on any atom is 0.219 e. The largest absolute Gasteiger partial charge is 0.433 e. The van der Waals surface area contributed by atoms with Crippen LogP contribution in [0.25, 0.3) is 16.6 Å². The number of aromatic nitrogens is 4. The van der Waals surface area contributed by atoms with E-state index >= 15 is 0 Å². The topological polar surface area (TPSA) is 125 Å². The molecule has 0 amide bonds. The number of carbonyl (C=O) groups is 1. The number of ketones is 1. The summed E-state index contributed by atoms with van der Waals surface area (Å²) in [5, 5.41) is 4.67. The Morgan fingerprint density at radius 2 is 1.77 bits per heavy atom. The molecule has 2 aromatic carbocycles. The van der Waals surface area contributed by atoms with Crippen LogP contribution in [0.3, 0.4) is 0 Å². The van der Waals surface area contributed by atoms with Crippen molar-refractivity contribution in [2.45, 2.75) is 6.92 Å². The fraction of sp³-hybridized carbons (Fsp3) is 0.0417. The molecule has 0 saturated carbocycles. The van der Waals surface area contributed by atoms with E-state index in [-0.39, 0.29) is 28.6 Å². The van der Waals surface area contributed by atoms with Crippen LogP contribution in [0.1, 0.15) is 21.6 Å². The maximum absolute atomic E-state index is 13.9. The number of hydrogen-bond donors (Lipinski definition) is 3. The number of anilines is 2. The van der Waals surface area contributed by atoms with E-state index in [9.17, 15) is 18.0 Å². The number of nitrogen functional groups attached to an aromatic ring is 2. The molecule has 5 N–H and O–H groups in total. The number of nitrogens with one attached hydrogen (secondary N) is 1. The molecule has 8 nitrogen and oxygen atoms in total. The number of pyridine rings is 1. The van der Waals surface area contributed by atoms with Crippen LogP contribution in [-0.4, -0.2) is 25.5 Å². The van der Waals surface area contributed by atoms with Crippen molar-refractivity contribution in [3.63, 3.8) is 0 Å². The SMILES string of the molecule is Cc1cc(Oc2c(F)cccc2F)ncc1-n1ncc(C(=O)c2cc3cc(F)c(N)cc3[nH]2)c1N. The number of carbonyl (C=O) groups excluding carboxylic acids is 1. The maximum atomic E-state index is 13.9. The van der Waals surface area contributed by atoms with Gasteiger partial charge >= 0.3 is 0 Å². The summed E-state index contributed by atoms with van der Waals surface area (Å²) in [5.41, 5.74) is 13.5. The van der Waals surface area contributed by atoms with Crippen molar-refractivity contribution in [2.75, 3.05) is 11.5 Å². The summed E-state index contributed by atoms with van der Waals surface area (Å²) in [5.74, 6) is -3.34. The molecule has 176 valence electrons. The Bertz CT molecular complexity index is 1570. The first-order chi connectivity index (χ1) is 16.7. The third-order valence-electron chi connectivity index (χ3n) is 5.45. The highest BCUT2D eigenvalue weighted by Gasteiger charge is 2.21. The van der Waals surface area contributed by atoms with Crippen molar-refractivity contribution in [2.24, 2.45) is 0 Å². The minimum atomic E-state index is -0.865. The van der Waals surface area contributed by atoms with Gasteiger partial charge in [0.15, 0.2) is 11.6 Å². The number of hydrogen-bond acceptors (Lipinski definition) is 6. The molecule has 0 atom stereocenters. The molecule has 0 radical (unpaired) electrons. The Morgan fingerprint density at radius 1 is 1.03 bits per heavy atom. The number of fused-ring (bicyclic) bond motifs is 1. The van der Waals surface area contributed by atoms with Gasteiger partial charge < -0.3 is 21.2 Å². The first-order valence-corrected chi connectivity index (χ1v) is 10.3. The van der Waals surface area contributed by atoms with E-state index in [2.05, 4.69) is 15.1 Å². The summed E-state index contributed by atoms with van der Waals surface area (Å²) in [4.78, 5) is 20.1. The van der Waals surface area contributed by atoms with Gasteiger partial charge in [-0.25, -0.2) is 22.8 Å². The molecular weight excluding hydrogens is 461 g/mol. The number of nitrogens with two attached hydrogens (primary N) is 2. The number of aryl methyl sites for hydroxylation is 1. The quantitative estimate of drug-likeness (QED) is 0.249. The lowest BCUT2D eigenvalue weighted by Gasteiger charge is -2.11. The Hall–Kier alpha value is -4.80. The number of ether oxygens (including phenoxy) is 1. The molecule has 0 aliphatic carbocycles. The number of halogens is 3. The number of nitrogens with zero attached hydrogens (tertiary/aromatic N) is 3. The number of aromatic amines is 1. The van der Waals surface area contributed by atoms with Crippen molar-refractivity contribution < 1.29 is 22.7 Å². The van der Waals surface area contributed by atoms with Gasteiger partial charge in [0.05, 0.1) is 35.0 Å². The summed E-state index contributed by atoms with van der Waals surface area (Å²) >= 11 is 0. The van der Waals surface area contributed by atoms with Crippen LogP contribution >= 0.6 is 0 Å². The monoisotopic (exact) mass is 478 g/mol. The van der Waals surface area contributed by atoms with Crippen molar-refractivity contribution >= 4 is 28.2 Å². The van der Waals surface area contributed by atoms with E-state index in [1.165, 1.54) is 47.4 Å². The molecule has 0 bridgehead atoms. The third kappa shape index (κ3) is 3.82. The van der Waals surface area contributed by atoms with E-state index in [1.807, 2.05) is 0 Å². The van der Waals surface area contributed by atoms with Crippen molar-refractivity contribution in [1.29, 1.82) is 0 Å². The Labute approximate surface area is 196 Å². The van der Waals surface area contributed by atoms with E-state index in [1.54, 1.807) is 6.92 Å². The van der Waals surface area contributed by atoms with Gasteiger partial charge in [-0.15, -0.1) is 0 Å². The van der Waals surface area contributed by atoms with Crippen LogP contribution < -0.4 is 16.2 Å². The average Bonchev–Trinajstić information content (AvgIpc) is 3.39. The van der Waals surface area contributed by atoms with Gasteiger partial charge in [0.2, 0.25) is 17.4 Å². The second-order valence-corrected chi connectivity index (χ2v) is 7.79. The molecule has 0 saturated heterocycles. The van der Waals surface area contributed by atoms with E-state index in [0.29, 0.717) is 22.2 Å². The zero-order chi connectivity index (χ0) is 24.9. The van der Waals surface area contributed by atoms with E-state index < -0.39 is 29.0 Å². The molecule has 3 heterocycles. The first-order valence-electron chi connectivity index (χ1n) is 10.3. The molecule has 11 heteroatoms. The molecule has 5 rings (SSSR count). The van der Waals surface area contributed by atoms with Crippen molar-refractivity contribution in [3.8, 4) is 17.3 Å². The lowest BCUT2D eigenvalue weighted by Crippen LogP contribution is -2.09. The highest BCUT2D eigenvalue weighted by Crippen LogP contribution is 2.29. The van der Waals surface area contributed by atoms with Gasteiger partial charge in [-0.3, -0.25) is 4.79 Å². The fourth-order valence-corrected chi connectivity index (χ4v) is 3.65. The number of rotatable bonds is 5. The van der Waals surface area contributed by atoms with E-state index in [4.69, 9.17) is 16.2 Å². The van der Waals surface area contributed by atoms with Gasteiger partial charge in [0.1, 0.15) is 11.6 Å². The molecule has 0 unspecified atom stereocenters. The smallest absolute Gasteiger partial charge is 0.219 e.